The smallest absolute Gasteiger partial charge is 0.352 e. The van der Waals surface area contributed by atoms with Crippen molar-refractivity contribution in [1.29, 1.82) is 0 Å². The second-order valence-corrected chi connectivity index (χ2v) is 6.12. The summed E-state index contributed by atoms with van der Waals surface area (Å²) in [6, 6.07) is 20.7. The highest BCUT2D eigenvalue weighted by Crippen LogP contribution is 2.42. The number of allylic oxidation sites excluding steroid dienone is 1. The van der Waals surface area contributed by atoms with Crippen LogP contribution in [0, 0.1) is 0 Å². The molecule has 0 amide bonds. The molecule has 1 aliphatic rings. The summed E-state index contributed by atoms with van der Waals surface area (Å²) in [6.45, 7) is 0. The van der Waals surface area contributed by atoms with Crippen LogP contribution < -0.4 is 0 Å². The number of hydrogen-bond acceptors (Lipinski definition) is 1. The van der Waals surface area contributed by atoms with E-state index in [0.29, 0.717) is 0 Å². The van der Waals surface area contributed by atoms with E-state index in [2.05, 4.69) is 35.3 Å². The van der Waals surface area contributed by atoms with E-state index in [-0.39, 0.29) is 11.1 Å². The van der Waals surface area contributed by atoms with Gasteiger partial charge in [-0.1, -0.05) is 72.8 Å². The van der Waals surface area contributed by atoms with Gasteiger partial charge in [0, 0.05) is 17.2 Å². The average Bonchev–Trinajstić information content (AvgIpc) is 3.06. The standard InChI is InChI=1S/C21H17NO2/c23-20(24)19-18-11-12-21(13-15(18)14-22-19,16-7-3-1-4-8-16)17-9-5-2-6-10-17/h1-12,14,22H,13H2,(H,23,24). The molecule has 2 N–H and O–H groups in total. The van der Waals surface area contributed by atoms with Gasteiger partial charge in [0.25, 0.3) is 0 Å². The summed E-state index contributed by atoms with van der Waals surface area (Å²) >= 11 is 0. The molecular formula is C21H17NO2. The third-order valence-corrected chi connectivity index (χ3v) is 4.80. The van der Waals surface area contributed by atoms with Crippen molar-refractivity contribution in [2.75, 3.05) is 0 Å². The van der Waals surface area contributed by atoms with Crippen LogP contribution in [-0.2, 0) is 11.8 Å². The van der Waals surface area contributed by atoms with Crippen LogP contribution in [0.15, 0.2) is 72.9 Å². The fourth-order valence-corrected chi connectivity index (χ4v) is 3.61. The maximum absolute atomic E-state index is 11.4. The third kappa shape index (κ3) is 2.17. The first kappa shape index (κ1) is 14.5. The van der Waals surface area contributed by atoms with Crippen molar-refractivity contribution < 1.29 is 9.90 Å². The molecule has 1 heterocycles. The first-order valence-corrected chi connectivity index (χ1v) is 7.94. The Morgan fingerprint density at radius 3 is 2.08 bits per heavy atom. The van der Waals surface area contributed by atoms with E-state index >= 15 is 0 Å². The third-order valence-electron chi connectivity index (χ3n) is 4.80. The number of aromatic carboxylic acids is 1. The van der Waals surface area contributed by atoms with Gasteiger partial charge in [-0.05, 0) is 23.1 Å². The van der Waals surface area contributed by atoms with Crippen LogP contribution >= 0.6 is 0 Å². The molecule has 0 bridgehead atoms. The minimum Gasteiger partial charge on any atom is -0.477 e. The molecule has 3 heteroatoms. The monoisotopic (exact) mass is 315 g/mol. The van der Waals surface area contributed by atoms with E-state index in [1.54, 1.807) is 0 Å². The second kappa shape index (κ2) is 5.53. The fraction of sp³-hybridized carbons (Fsp3) is 0.0952. The Morgan fingerprint density at radius 1 is 0.958 bits per heavy atom. The molecule has 1 aliphatic carbocycles. The molecule has 0 aliphatic heterocycles. The molecule has 24 heavy (non-hydrogen) atoms. The van der Waals surface area contributed by atoms with Gasteiger partial charge in [-0.15, -0.1) is 0 Å². The highest BCUT2D eigenvalue weighted by molar-refractivity contribution is 5.91. The van der Waals surface area contributed by atoms with Gasteiger partial charge in [0.15, 0.2) is 0 Å². The number of nitrogens with one attached hydrogen (secondary N) is 1. The Balaban J connectivity index is 1.90. The molecule has 0 atom stereocenters. The Bertz CT molecular complexity index is 868. The van der Waals surface area contributed by atoms with Crippen molar-refractivity contribution >= 4 is 12.0 Å². The molecule has 3 aromatic rings. The van der Waals surface area contributed by atoms with Gasteiger partial charge in [-0.3, -0.25) is 0 Å². The molecular weight excluding hydrogens is 298 g/mol. The molecule has 0 unspecified atom stereocenters. The lowest BCUT2D eigenvalue weighted by Crippen LogP contribution is -2.30. The van der Waals surface area contributed by atoms with Crippen molar-refractivity contribution in [3.05, 3.63) is 101 Å². The summed E-state index contributed by atoms with van der Waals surface area (Å²) in [6.07, 6.45) is 6.64. The molecule has 0 spiro atoms. The zero-order valence-electron chi connectivity index (χ0n) is 13.1. The van der Waals surface area contributed by atoms with Crippen LogP contribution in [0.3, 0.4) is 0 Å². The molecule has 0 fully saturated rings. The van der Waals surface area contributed by atoms with E-state index in [1.165, 1.54) is 11.1 Å². The highest BCUT2D eigenvalue weighted by atomic mass is 16.4. The number of fused-ring (bicyclic) bond motifs is 1. The molecule has 4 rings (SSSR count). The number of aromatic nitrogens is 1. The number of carboxylic acid groups (broad SMARTS) is 1. The lowest BCUT2D eigenvalue weighted by Gasteiger charge is -2.34. The van der Waals surface area contributed by atoms with Crippen LogP contribution in [0.4, 0.5) is 0 Å². The molecule has 3 nitrogen and oxygen atoms in total. The number of benzene rings is 2. The van der Waals surface area contributed by atoms with E-state index in [0.717, 1.165) is 17.5 Å². The number of rotatable bonds is 3. The van der Waals surface area contributed by atoms with Gasteiger partial charge in [-0.2, -0.15) is 0 Å². The van der Waals surface area contributed by atoms with Gasteiger partial charge in [0.05, 0.1) is 0 Å². The zero-order chi connectivity index (χ0) is 16.6. The number of carbonyl (C=O) groups is 1. The average molecular weight is 315 g/mol. The summed E-state index contributed by atoms with van der Waals surface area (Å²) in [4.78, 5) is 14.3. The Morgan fingerprint density at radius 2 is 1.54 bits per heavy atom. The van der Waals surface area contributed by atoms with Gasteiger partial charge < -0.3 is 10.1 Å². The quantitative estimate of drug-likeness (QED) is 0.758. The Kier molecular flexibility index (Phi) is 3.35. The van der Waals surface area contributed by atoms with Crippen molar-refractivity contribution in [2.45, 2.75) is 11.8 Å². The minimum absolute atomic E-state index is 0.260. The fourth-order valence-electron chi connectivity index (χ4n) is 3.61. The van der Waals surface area contributed by atoms with Crippen LogP contribution in [0.2, 0.25) is 0 Å². The lowest BCUT2D eigenvalue weighted by molar-refractivity contribution is 0.0691. The van der Waals surface area contributed by atoms with Gasteiger partial charge >= 0.3 is 5.97 Å². The maximum Gasteiger partial charge on any atom is 0.352 e. The van der Waals surface area contributed by atoms with Crippen molar-refractivity contribution in [2.24, 2.45) is 0 Å². The lowest BCUT2D eigenvalue weighted by atomic mass is 9.68. The molecule has 118 valence electrons. The minimum atomic E-state index is -0.923. The van der Waals surface area contributed by atoms with E-state index in [4.69, 9.17) is 0 Å². The number of carboxylic acids is 1. The molecule has 1 aromatic heterocycles. The Labute approximate surface area is 140 Å². The van der Waals surface area contributed by atoms with E-state index in [1.807, 2.05) is 48.7 Å². The predicted molar refractivity (Wildman–Crippen MR) is 94.2 cm³/mol. The Hall–Kier alpha value is -3.07. The summed E-state index contributed by atoms with van der Waals surface area (Å²) in [5.74, 6) is -0.923. The number of hydrogen-bond donors (Lipinski definition) is 2. The van der Waals surface area contributed by atoms with Crippen molar-refractivity contribution in [3.8, 4) is 0 Å². The zero-order valence-corrected chi connectivity index (χ0v) is 13.1. The van der Waals surface area contributed by atoms with Crippen LogP contribution in [-0.4, -0.2) is 16.1 Å². The van der Waals surface area contributed by atoms with E-state index in [9.17, 15) is 9.90 Å². The predicted octanol–water partition coefficient (Wildman–Crippen LogP) is 4.27. The van der Waals surface area contributed by atoms with Gasteiger partial charge in [0.1, 0.15) is 5.69 Å². The normalized spacial score (nSPS) is 15.0. The molecule has 0 radical (unpaired) electrons. The number of H-pyrrole nitrogens is 1. The van der Waals surface area contributed by atoms with Crippen LogP contribution in [0.25, 0.3) is 6.08 Å². The molecule has 0 saturated heterocycles. The molecule has 0 saturated carbocycles. The first-order valence-electron chi connectivity index (χ1n) is 7.94. The maximum atomic E-state index is 11.4. The highest BCUT2D eigenvalue weighted by Gasteiger charge is 2.36. The van der Waals surface area contributed by atoms with Crippen molar-refractivity contribution in [1.82, 2.24) is 4.98 Å². The molecule has 2 aromatic carbocycles. The summed E-state index contributed by atoms with van der Waals surface area (Å²) < 4.78 is 0. The van der Waals surface area contributed by atoms with Crippen LogP contribution in [0.1, 0.15) is 32.7 Å². The largest absolute Gasteiger partial charge is 0.477 e. The topological polar surface area (TPSA) is 53.1 Å². The number of aromatic amines is 1. The summed E-state index contributed by atoms with van der Waals surface area (Å²) in [5.41, 5.74) is 4.20. The van der Waals surface area contributed by atoms with Crippen molar-refractivity contribution in [3.63, 3.8) is 0 Å². The first-order chi connectivity index (χ1) is 11.7. The summed E-state index contributed by atoms with van der Waals surface area (Å²) in [7, 11) is 0. The second-order valence-electron chi connectivity index (χ2n) is 6.12. The van der Waals surface area contributed by atoms with Crippen LogP contribution in [0.5, 0.6) is 0 Å². The van der Waals surface area contributed by atoms with Gasteiger partial charge in [-0.25, -0.2) is 4.79 Å². The van der Waals surface area contributed by atoms with E-state index < -0.39 is 5.97 Å². The summed E-state index contributed by atoms with van der Waals surface area (Å²) in [5, 5.41) is 9.33. The van der Waals surface area contributed by atoms with Gasteiger partial charge in [0.2, 0.25) is 0 Å². The SMILES string of the molecule is O=C(O)c1[nH]cc2c1C=CC(c1ccccc1)(c1ccccc1)C2.